The first-order valence-corrected chi connectivity index (χ1v) is 5.74. The van der Waals surface area contributed by atoms with Crippen LogP contribution in [0.4, 0.5) is 0 Å². The van der Waals surface area contributed by atoms with Gasteiger partial charge in [0.2, 0.25) is 0 Å². The van der Waals surface area contributed by atoms with Gasteiger partial charge in [0.25, 0.3) is 0 Å². The van der Waals surface area contributed by atoms with E-state index in [1.807, 2.05) is 6.92 Å². The maximum atomic E-state index is 9.42. The molecule has 1 aliphatic heterocycles. The van der Waals surface area contributed by atoms with Gasteiger partial charge in [-0.15, -0.1) is 0 Å². The van der Waals surface area contributed by atoms with Crippen molar-refractivity contribution in [2.24, 2.45) is 0 Å². The van der Waals surface area contributed by atoms with E-state index in [1.54, 1.807) is 0 Å². The van der Waals surface area contributed by atoms with Gasteiger partial charge in [-0.25, -0.2) is 0 Å². The third-order valence-electron chi connectivity index (χ3n) is 2.99. The molecule has 0 amide bonds. The Morgan fingerprint density at radius 2 is 2.14 bits per heavy atom. The Balaban J connectivity index is 2.51. The molecule has 3 nitrogen and oxygen atoms in total. The average Bonchev–Trinajstić information content (AvgIpc) is 2.27. The first-order chi connectivity index (χ1) is 6.63. The van der Waals surface area contributed by atoms with E-state index < -0.39 is 0 Å². The van der Waals surface area contributed by atoms with Gasteiger partial charge in [-0.05, 0) is 39.9 Å². The summed E-state index contributed by atoms with van der Waals surface area (Å²) in [6.07, 6.45) is 2.20. The van der Waals surface area contributed by atoms with Gasteiger partial charge in [-0.2, -0.15) is 0 Å². The molecule has 0 saturated carbocycles. The Morgan fingerprint density at radius 1 is 1.43 bits per heavy atom. The smallest absolute Gasteiger partial charge is 0.0639 e. The van der Waals surface area contributed by atoms with Crippen molar-refractivity contribution in [3.05, 3.63) is 0 Å². The number of rotatable bonds is 3. The maximum absolute atomic E-state index is 9.42. The predicted octanol–water partition coefficient (Wildman–Crippen LogP) is 0.783. The second kappa shape index (κ2) is 5.69. The van der Waals surface area contributed by atoms with Crippen molar-refractivity contribution in [3.63, 3.8) is 0 Å². The van der Waals surface area contributed by atoms with Gasteiger partial charge < -0.3 is 10.0 Å². The molecule has 0 bridgehead atoms. The predicted molar refractivity (Wildman–Crippen MR) is 59.4 cm³/mol. The number of β-amino-alcohol motifs (C(OH)–C–C–N with tert-alkyl or cyclic N) is 1. The molecule has 84 valence electrons. The lowest BCUT2D eigenvalue weighted by molar-refractivity contribution is 0.0962. The van der Waals surface area contributed by atoms with Crippen LogP contribution in [0.15, 0.2) is 0 Å². The lowest BCUT2D eigenvalue weighted by atomic mass is 10.1. The third kappa shape index (κ3) is 3.56. The number of nitrogens with zero attached hydrogens (tertiary/aromatic N) is 2. The molecule has 14 heavy (non-hydrogen) atoms. The molecule has 1 heterocycles. The normalized spacial score (nSPS) is 28.7. The van der Waals surface area contributed by atoms with E-state index in [0.717, 1.165) is 19.6 Å². The summed E-state index contributed by atoms with van der Waals surface area (Å²) in [5, 5.41) is 9.42. The Bertz CT molecular complexity index is 161. The molecule has 1 aliphatic rings. The highest BCUT2D eigenvalue weighted by Gasteiger charge is 2.22. The van der Waals surface area contributed by atoms with Crippen LogP contribution >= 0.6 is 0 Å². The standard InChI is InChI=1S/C11H24N2O/c1-4-11-9-12(3)6-5-7-13(11)8-10(2)14/h10-11,14H,4-9H2,1-3H3/t10-,11?/m0/s1. The lowest BCUT2D eigenvalue weighted by Gasteiger charge is -2.30. The number of hydrogen-bond donors (Lipinski definition) is 1. The molecule has 1 saturated heterocycles. The molecule has 0 aromatic rings. The number of likely N-dealkylation sites (N-methyl/N-ethyl adjacent to an activating group) is 1. The summed E-state index contributed by atoms with van der Waals surface area (Å²) in [5.74, 6) is 0. The lowest BCUT2D eigenvalue weighted by Crippen LogP contribution is -2.42. The van der Waals surface area contributed by atoms with Crippen LogP contribution < -0.4 is 0 Å². The molecular formula is C11H24N2O. The van der Waals surface area contributed by atoms with E-state index >= 15 is 0 Å². The van der Waals surface area contributed by atoms with Crippen molar-refractivity contribution in [3.8, 4) is 0 Å². The maximum Gasteiger partial charge on any atom is 0.0639 e. The molecule has 0 aliphatic carbocycles. The molecule has 1 fully saturated rings. The summed E-state index contributed by atoms with van der Waals surface area (Å²) in [6.45, 7) is 8.40. The molecule has 2 atom stereocenters. The molecular weight excluding hydrogens is 176 g/mol. The highest BCUT2D eigenvalue weighted by Crippen LogP contribution is 2.12. The molecule has 1 N–H and O–H groups in total. The largest absolute Gasteiger partial charge is 0.392 e. The average molecular weight is 200 g/mol. The summed E-state index contributed by atoms with van der Waals surface area (Å²) in [6, 6.07) is 0.622. The van der Waals surface area contributed by atoms with Crippen molar-refractivity contribution in [2.75, 3.05) is 33.2 Å². The second-order valence-corrected chi connectivity index (χ2v) is 4.52. The molecule has 0 aromatic heterocycles. The van der Waals surface area contributed by atoms with E-state index in [4.69, 9.17) is 0 Å². The number of aliphatic hydroxyl groups excluding tert-OH is 1. The monoisotopic (exact) mass is 200 g/mol. The zero-order valence-electron chi connectivity index (χ0n) is 9.74. The van der Waals surface area contributed by atoms with E-state index in [-0.39, 0.29) is 6.10 Å². The Kier molecular flexibility index (Phi) is 4.85. The van der Waals surface area contributed by atoms with Gasteiger partial charge in [0.1, 0.15) is 0 Å². The second-order valence-electron chi connectivity index (χ2n) is 4.52. The minimum Gasteiger partial charge on any atom is -0.392 e. The fourth-order valence-electron chi connectivity index (χ4n) is 2.26. The molecule has 0 spiro atoms. The summed E-state index contributed by atoms with van der Waals surface area (Å²) >= 11 is 0. The van der Waals surface area contributed by atoms with E-state index in [0.29, 0.717) is 6.04 Å². The quantitative estimate of drug-likeness (QED) is 0.729. The van der Waals surface area contributed by atoms with Gasteiger partial charge in [-0.1, -0.05) is 6.92 Å². The van der Waals surface area contributed by atoms with Crippen LogP contribution in [0.1, 0.15) is 26.7 Å². The summed E-state index contributed by atoms with van der Waals surface area (Å²) in [4.78, 5) is 4.84. The molecule has 3 heteroatoms. The van der Waals surface area contributed by atoms with Gasteiger partial charge in [-0.3, -0.25) is 4.90 Å². The fraction of sp³-hybridized carbons (Fsp3) is 1.00. The Labute approximate surface area is 87.7 Å². The fourth-order valence-corrected chi connectivity index (χ4v) is 2.26. The van der Waals surface area contributed by atoms with Crippen LogP contribution in [0, 0.1) is 0 Å². The van der Waals surface area contributed by atoms with Crippen molar-refractivity contribution in [1.29, 1.82) is 0 Å². The topological polar surface area (TPSA) is 26.7 Å². The van der Waals surface area contributed by atoms with Crippen molar-refractivity contribution in [1.82, 2.24) is 9.80 Å². The SMILES string of the molecule is CCC1CN(C)CCCN1C[C@H](C)O. The van der Waals surface area contributed by atoms with Crippen LogP contribution in [0.25, 0.3) is 0 Å². The van der Waals surface area contributed by atoms with Crippen LogP contribution in [0.3, 0.4) is 0 Å². The first-order valence-electron chi connectivity index (χ1n) is 5.74. The third-order valence-corrected chi connectivity index (χ3v) is 2.99. The van der Waals surface area contributed by atoms with E-state index in [1.165, 1.54) is 19.4 Å². The van der Waals surface area contributed by atoms with Gasteiger partial charge in [0.15, 0.2) is 0 Å². The van der Waals surface area contributed by atoms with Gasteiger partial charge in [0.05, 0.1) is 6.10 Å². The number of hydrogen-bond acceptors (Lipinski definition) is 3. The van der Waals surface area contributed by atoms with Gasteiger partial charge in [0, 0.05) is 19.1 Å². The van der Waals surface area contributed by atoms with Crippen molar-refractivity contribution < 1.29 is 5.11 Å². The highest BCUT2D eigenvalue weighted by atomic mass is 16.3. The van der Waals surface area contributed by atoms with E-state index in [9.17, 15) is 5.11 Å². The molecule has 0 aromatic carbocycles. The Hall–Kier alpha value is -0.120. The van der Waals surface area contributed by atoms with E-state index in [2.05, 4.69) is 23.8 Å². The molecule has 0 radical (unpaired) electrons. The van der Waals surface area contributed by atoms with Crippen molar-refractivity contribution >= 4 is 0 Å². The number of aliphatic hydroxyl groups is 1. The van der Waals surface area contributed by atoms with Gasteiger partial charge >= 0.3 is 0 Å². The molecule has 1 rings (SSSR count). The van der Waals surface area contributed by atoms with Crippen LogP contribution in [0.2, 0.25) is 0 Å². The summed E-state index contributed by atoms with van der Waals surface area (Å²) in [7, 11) is 2.19. The summed E-state index contributed by atoms with van der Waals surface area (Å²) < 4.78 is 0. The minimum absolute atomic E-state index is 0.201. The Morgan fingerprint density at radius 3 is 2.71 bits per heavy atom. The summed E-state index contributed by atoms with van der Waals surface area (Å²) in [5.41, 5.74) is 0. The van der Waals surface area contributed by atoms with Crippen molar-refractivity contribution in [2.45, 2.75) is 38.8 Å². The van der Waals surface area contributed by atoms with Crippen LogP contribution in [-0.4, -0.2) is 60.3 Å². The highest BCUT2D eigenvalue weighted by molar-refractivity contribution is 4.78. The first kappa shape index (κ1) is 12.0. The van der Waals surface area contributed by atoms with Crippen LogP contribution in [0.5, 0.6) is 0 Å². The zero-order valence-corrected chi connectivity index (χ0v) is 9.74. The van der Waals surface area contributed by atoms with Crippen LogP contribution in [-0.2, 0) is 0 Å². The zero-order chi connectivity index (χ0) is 10.6. The minimum atomic E-state index is -0.201. The molecule has 1 unspecified atom stereocenters.